The molecule has 0 aromatic heterocycles. The van der Waals surface area contributed by atoms with Gasteiger partial charge < -0.3 is 0 Å². The van der Waals surface area contributed by atoms with Crippen LogP contribution in [0.2, 0.25) is 0 Å². The normalized spacial score (nSPS) is 18.1. The van der Waals surface area contributed by atoms with Gasteiger partial charge in [0.25, 0.3) is 0 Å². The summed E-state index contributed by atoms with van der Waals surface area (Å²) >= 11 is 0. The number of rotatable bonds is 6. The smallest absolute Gasteiger partial charge is 0.167 e. The molecular formula is C60H64F6. The Morgan fingerprint density at radius 2 is 0.545 bits per heavy atom. The van der Waals surface area contributed by atoms with Crippen LogP contribution < -0.4 is 0 Å². The summed E-state index contributed by atoms with van der Waals surface area (Å²) < 4.78 is 84.4. The molecular weight excluding hydrogens is 835 g/mol. The van der Waals surface area contributed by atoms with Crippen molar-refractivity contribution in [3.63, 3.8) is 0 Å². The van der Waals surface area contributed by atoms with Crippen LogP contribution in [-0.2, 0) is 0 Å². The van der Waals surface area contributed by atoms with Gasteiger partial charge in [-0.15, -0.1) is 0 Å². The Balaban J connectivity index is 0.000000188. The second kappa shape index (κ2) is 21.6. The minimum absolute atomic E-state index is 0. The fourth-order valence-electron chi connectivity index (χ4n) is 9.26. The average Bonchev–Trinajstić information content (AvgIpc) is 3.33. The molecule has 0 saturated heterocycles. The molecule has 7 aromatic carbocycles. The fourth-order valence-corrected chi connectivity index (χ4v) is 9.26. The van der Waals surface area contributed by atoms with Gasteiger partial charge in [-0.1, -0.05) is 184 Å². The molecule has 66 heavy (non-hydrogen) atoms. The molecule has 9 rings (SSSR count). The molecule has 0 aliphatic heterocycles. The minimum Gasteiger partial charge on any atom is -0.203 e. The average molecular weight is 899 g/mol. The first-order chi connectivity index (χ1) is 31.7. The topological polar surface area (TPSA) is 0 Å². The van der Waals surface area contributed by atoms with Gasteiger partial charge in [0.05, 0.1) is 0 Å². The van der Waals surface area contributed by atoms with E-state index < -0.39 is 34.9 Å². The van der Waals surface area contributed by atoms with Gasteiger partial charge in [-0.25, -0.2) is 26.3 Å². The first-order valence-corrected chi connectivity index (χ1v) is 23.4. The molecule has 0 radical (unpaired) electrons. The summed E-state index contributed by atoms with van der Waals surface area (Å²) in [6, 6.07) is 40.6. The molecule has 2 saturated carbocycles. The van der Waals surface area contributed by atoms with Crippen LogP contribution in [0.4, 0.5) is 26.3 Å². The first-order valence-electron chi connectivity index (χ1n) is 23.4. The van der Waals surface area contributed by atoms with Crippen LogP contribution in [0.5, 0.6) is 0 Å². The van der Waals surface area contributed by atoms with E-state index in [0.29, 0.717) is 45.2 Å². The first kappa shape index (κ1) is 48.1. The van der Waals surface area contributed by atoms with Crippen molar-refractivity contribution >= 4 is 0 Å². The zero-order valence-corrected chi connectivity index (χ0v) is 38.9. The highest BCUT2D eigenvalue weighted by Gasteiger charge is 2.22. The molecule has 0 unspecified atom stereocenters. The standard InChI is InChI=1S/C20H16F2.2C20H22F2.2H2/c1-13-3-7-15(8-4-13)17-11-12-18(20(22)19(17)21)16-9-5-14(2)6-10-16;2*1-13-3-6-15(7-4-13)16-8-10-17(11-9-16)18-12-5-14(2)19(21)20(18)22;;/h3-12H,1-2H3;2*5,8-13,15H,3-4,6-7H2,1-2H3;2*1H. The Labute approximate surface area is 390 Å². The fraction of sp³-hybridized carbons (Fsp3) is 0.300. The maximum absolute atomic E-state index is 14.4. The number of halogens is 6. The second-order valence-corrected chi connectivity index (χ2v) is 18.8. The molecule has 0 N–H and O–H groups in total. The van der Waals surface area contributed by atoms with E-state index in [2.05, 4.69) is 38.1 Å². The van der Waals surface area contributed by atoms with Crippen molar-refractivity contribution in [2.24, 2.45) is 11.8 Å². The van der Waals surface area contributed by atoms with Gasteiger partial charge in [0.1, 0.15) is 0 Å². The Morgan fingerprint density at radius 1 is 0.303 bits per heavy atom. The summed E-state index contributed by atoms with van der Waals surface area (Å²) in [7, 11) is 0. The number of hydrogen-bond donors (Lipinski definition) is 0. The summed E-state index contributed by atoms with van der Waals surface area (Å²) in [5.41, 5.74) is 9.58. The Morgan fingerprint density at radius 3 is 0.833 bits per heavy atom. The molecule has 2 fully saturated rings. The lowest BCUT2D eigenvalue weighted by Gasteiger charge is -2.26. The zero-order valence-electron chi connectivity index (χ0n) is 38.9. The SMILES string of the molecule is Cc1ccc(-c2ccc(-c3ccc(C)cc3)c(F)c2F)cc1.Cc1ccc(-c2ccc(C3CCC(C)CC3)cc2)c(F)c1F.Cc1ccc(-c2ccc(C3CCC(C)CC3)cc2)c(F)c1F.[HH].[HH]. The minimum atomic E-state index is -0.804. The molecule has 2 aliphatic carbocycles. The van der Waals surface area contributed by atoms with E-state index in [1.54, 1.807) is 74.5 Å². The number of aryl methyl sites for hydroxylation is 4. The van der Waals surface area contributed by atoms with Gasteiger partial charge in [-0.3, -0.25) is 0 Å². The molecule has 0 amide bonds. The quantitative estimate of drug-likeness (QED) is 0.146. The Bertz CT molecular complexity index is 2530. The van der Waals surface area contributed by atoms with Crippen molar-refractivity contribution in [1.82, 2.24) is 0 Å². The summed E-state index contributed by atoms with van der Waals surface area (Å²) in [6.45, 7) is 11.7. The van der Waals surface area contributed by atoms with Gasteiger partial charge in [0.15, 0.2) is 34.9 Å². The summed E-state index contributed by atoms with van der Waals surface area (Å²) in [5.74, 6) is -1.71. The number of benzene rings is 7. The van der Waals surface area contributed by atoms with Crippen LogP contribution in [0.15, 0.2) is 133 Å². The predicted molar refractivity (Wildman–Crippen MR) is 265 cm³/mol. The van der Waals surface area contributed by atoms with E-state index in [0.717, 1.165) is 34.1 Å². The molecule has 0 bridgehead atoms. The zero-order chi connectivity index (χ0) is 47.1. The van der Waals surface area contributed by atoms with Crippen LogP contribution in [0.1, 0.15) is 113 Å². The number of hydrogen-bond acceptors (Lipinski definition) is 0. The monoisotopic (exact) mass is 898 g/mol. The van der Waals surface area contributed by atoms with Crippen LogP contribution >= 0.6 is 0 Å². The molecule has 0 atom stereocenters. The lowest BCUT2D eigenvalue weighted by Crippen LogP contribution is -2.10. The Kier molecular flexibility index (Phi) is 15.7. The van der Waals surface area contributed by atoms with Crippen molar-refractivity contribution < 1.29 is 29.2 Å². The summed E-state index contributed by atoms with van der Waals surface area (Å²) in [4.78, 5) is 0. The highest BCUT2D eigenvalue weighted by atomic mass is 19.2. The van der Waals surface area contributed by atoms with Crippen molar-refractivity contribution in [2.75, 3.05) is 0 Å². The van der Waals surface area contributed by atoms with Crippen LogP contribution in [0.3, 0.4) is 0 Å². The molecule has 6 heteroatoms. The molecule has 7 aromatic rings. The maximum Gasteiger partial charge on any atom is 0.167 e. The molecule has 0 nitrogen and oxygen atoms in total. The maximum atomic E-state index is 14.4. The summed E-state index contributed by atoms with van der Waals surface area (Å²) in [5, 5.41) is 0. The lowest BCUT2D eigenvalue weighted by molar-refractivity contribution is 0.348. The Hall–Kier alpha value is -5.88. The van der Waals surface area contributed by atoms with Crippen LogP contribution in [-0.4, -0.2) is 0 Å². The molecule has 2 aliphatic rings. The molecule has 0 spiro atoms. The predicted octanol–water partition coefficient (Wildman–Crippen LogP) is 18.9. The van der Waals surface area contributed by atoms with E-state index in [1.165, 1.54) is 62.5 Å². The highest BCUT2D eigenvalue weighted by Crippen LogP contribution is 2.39. The lowest BCUT2D eigenvalue weighted by atomic mass is 9.79. The van der Waals surface area contributed by atoms with Crippen molar-refractivity contribution in [3.05, 3.63) is 202 Å². The largest absolute Gasteiger partial charge is 0.203 e. The van der Waals surface area contributed by atoms with E-state index in [4.69, 9.17) is 0 Å². The third-order valence-corrected chi connectivity index (χ3v) is 13.8. The van der Waals surface area contributed by atoms with Crippen LogP contribution in [0.25, 0.3) is 44.5 Å². The van der Waals surface area contributed by atoms with E-state index in [9.17, 15) is 26.3 Å². The van der Waals surface area contributed by atoms with Gasteiger partial charge in [0, 0.05) is 25.1 Å². The third kappa shape index (κ3) is 11.4. The van der Waals surface area contributed by atoms with Crippen molar-refractivity contribution in [2.45, 2.75) is 105 Å². The van der Waals surface area contributed by atoms with Gasteiger partial charge in [-0.05, 0) is 122 Å². The molecule has 0 heterocycles. The van der Waals surface area contributed by atoms with Crippen LogP contribution in [0, 0.1) is 74.4 Å². The molecule has 346 valence electrons. The van der Waals surface area contributed by atoms with E-state index >= 15 is 0 Å². The third-order valence-electron chi connectivity index (χ3n) is 13.8. The van der Waals surface area contributed by atoms with E-state index in [-0.39, 0.29) is 14.0 Å². The summed E-state index contributed by atoms with van der Waals surface area (Å²) in [6.07, 6.45) is 10.0. The highest BCUT2D eigenvalue weighted by molar-refractivity contribution is 5.72. The van der Waals surface area contributed by atoms with Gasteiger partial charge in [0.2, 0.25) is 0 Å². The second-order valence-electron chi connectivity index (χ2n) is 18.8. The van der Waals surface area contributed by atoms with Gasteiger partial charge >= 0.3 is 0 Å². The van der Waals surface area contributed by atoms with E-state index in [1.807, 2.05) is 62.4 Å². The van der Waals surface area contributed by atoms with Crippen molar-refractivity contribution in [1.29, 1.82) is 0 Å². The van der Waals surface area contributed by atoms with Crippen molar-refractivity contribution in [3.8, 4) is 44.5 Å². The van der Waals surface area contributed by atoms with Gasteiger partial charge in [-0.2, -0.15) is 0 Å².